The Hall–Kier alpha value is -4.80. The first kappa shape index (κ1) is 29.3. The van der Waals surface area contributed by atoms with Crippen LogP contribution in [0.15, 0.2) is 182 Å². The van der Waals surface area contributed by atoms with Gasteiger partial charge in [-0.3, -0.25) is 10.6 Å². The highest BCUT2D eigenvalue weighted by molar-refractivity contribution is 5.51. The van der Waals surface area contributed by atoms with Gasteiger partial charge in [0.1, 0.15) is 0 Å². The molecule has 6 aromatic carbocycles. The van der Waals surface area contributed by atoms with Gasteiger partial charge in [0.15, 0.2) is 0 Å². The van der Waals surface area contributed by atoms with Gasteiger partial charge in [-0.1, -0.05) is 182 Å². The van der Waals surface area contributed by atoms with E-state index in [1.165, 1.54) is 0 Å². The van der Waals surface area contributed by atoms with Crippen LogP contribution in [-0.4, -0.2) is 24.3 Å². The van der Waals surface area contributed by atoms with Crippen molar-refractivity contribution in [2.45, 2.75) is 17.2 Å². The van der Waals surface area contributed by atoms with Gasteiger partial charge in [-0.15, -0.1) is 0 Å². The van der Waals surface area contributed by atoms with Gasteiger partial charge in [0, 0.05) is 13.1 Å². The minimum absolute atomic E-state index is 0.361. The van der Waals surface area contributed by atoms with Crippen LogP contribution in [0.4, 0.5) is 0 Å². The van der Waals surface area contributed by atoms with Crippen LogP contribution in [0.5, 0.6) is 0 Å². The molecule has 0 saturated carbocycles. The predicted octanol–water partition coefficient (Wildman–Crippen LogP) is 7.51. The zero-order chi connectivity index (χ0) is 30.1. The minimum Gasteiger partial charge on any atom is -0.390 e. The van der Waals surface area contributed by atoms with Gasteiger partial charge in [-0.2, -0.15) is 0 Å². The fraction of sp³-hybridized carbons (Fsp3) is 0.122. The second-order valence-electron chi connectivity index (χ2n) is 11.1. The lowest BCUT2D eigenvalue weighted by Gasteiger charge is -2.39. The number of aliphatic hydroxyl groups is 1. The Kier molecular flexibility index (Phi) is 9.09. The van der Waals surface area contributed by atoms with Crippen molar-refractivity contribution < 1.29 is 5.11 Å². The Bertz CT molecular complexity index is 1370. The van der Waals surface area contributed by atoms with E-state index in [2.05, 4.69) is 156 Å². The lowest BCUT2D eigenvalue weighted by molar-refractivity contribution is 0.153. The zero-order valence-electron chi connectivity index (χ0n) is 24.8. The summed E-state index contributed by atoms with van der Waals surface area (Å²) in [5.41, 5.74) is 5.39. The summed E-state index contributed by atoms with van der Waals surface area (Å²) in [7, 11) is 0. The van der Waals surface area contributed by atoms with Crippen molar-refractivity contribution in [3.63, 3.8) is 0 Å². The van der Waals surface area contributed by atoms with Gasteiger partial charge in [-0.25, -0.2) is 0 Å². The number of nitrogens with one attached hydrogen (secondary N) is 2. The van der Waals surface area contributed by atoms with Crippen LogP contribution in [-0.2, 0) is 11.1 Å². The average molecular weight is 575 g/mol. The number of rotatable bonds is 12. The number of hydrogen-bond donors (Lipinski definition) is 3. The fourth-order valence-electron chi connectivity index (χ4n) is 6.36. The van der Waals surface area contributed by atoms with Gasteiger partial charge in [-0.05, 0) is 33.4 Å². The van der Waals surface area contributed by atoms with Crippen molar-refractivity contribution in [1.29, 1.82) is 0 Å². The first-order valence-corrected chi connectivity index (χ1v) is 15.2. The Morgan fingerprint density at radius 1 is 0.341 bits per heavy atom. The third kappa shape index (κ3) is 5.86. The maximum absolute atomic E-state index is 11.7. The molecule has 0 aliphatic heterocycles. The summed E-state index contributed by atoms with van der Waals surface area (Å²) >= 11 is 0. The van der Waals surface area contributed by atoms with Crippen molar-refractivity contribution >= 4 is 0 Å². The zero-order valence-corrected chi connectivity index (χ0v) is 24.8. The molecule has 0 unspecified atom stereocenters. The lowest BCUT2D eigenvalue weighted by atomic mass is 9.76. The standard InChI is InChI=1S/C41H38N2O/c44-39(31-42-40(33-19-7-1-8-20-33,34-21-9-2-10-22-34)35-23-11-3-12-24-35)32-43-41(36-25-13-4-14-26-36,37-27-15-5-16-28-37)38-29-17-6-18-30-38/h1-30,39,42-44H,31-32H2. The fourth-order valence-corrected chi connectivity index (χ4v) is 6.36. The molecule has 6 aromatic rings. The molecule has 0 aliphatic rings. The molecule has 0 saturated heterocycles. The molecule has 0 amide bonds. The van der Waals surface area contributed by atoms with Crippen LogP contribution in [0, 0.1) is 0 Å². The van der Waals surface area contributed by atoms with Crippen LogP contribution >= 0.6 is 0 Å². The largest absolute Gasteiger partial charge is 0.390 e. The maximum Gasteiger partial charge on any atom is 0.0948 e. The average Bonchev–Trinajstić information content (AvgIpc) is 3.12. The van der Waals surface area contributed by atoms with Crippen molar-refractivity contribution in [3.8, 4) is 0 Å². The summed E-state index contributed by atoms with van der Waals surface area (Å²) in [6.07, 6.45) is -0.693. The lowest BCUT2D eigenvalue weighted by Crippen LogP contribution is -2.52. The molecule has 0 spiro atoms. The SMILES string of the molecule is OC(CNC(c1ccccc1)(c1ccccc1)c1ccccc1)CNC(c1ccccc1)(c1ccccc1)c1ccccc1. The Balaban J connectivity index is 1.36. The molecular weight excluding hydrogens is 536 g/mol. The molecular formula is C41H38N2O. The van der Waals surface area contributed by atoms with Crippen LogP contribution < -0.4 is 10.6 Å². The molecule has 0 radical (unpaired) electrons. The van der Waals surface area contributed by atoms with E-state index in [9.17, 15) is 5.11 Å². The van der Waals surface area contributed by atoms with Crippen LogP contribution in [0.1, 0.15) is 33.4 Å². The Morgan fingerprint density at radius 3 is 0.705 bits per heavy atom. The van der Waals surface area contributed by atoms with Crippen LogP contribution in [0.3, 0.4) is 0 Å². The second-order valence-corrected chi connectivity index (χ2v) is 11.1. The van der Waals surface area contributed by atoms with Crippen LogP contribution in [0.25, 0.3) is 0 Å². The van der Waals surface area contributed by atoms with Gasteiger partial charge >= 0.3 is 0 Å². The molecule has 3 N–H and O–H groups in total. The highest BCUT2D eigenvalue weighted by Crippen LogP contribution is 2.38. The number of hydrogen-bond acceptors (Lipinski definition) is 3. The van der Waals surface area contributed by atoms with Crippen molar-refractivity contribution in [2.24, 2.45) is 0 Å². The topological polar surface area (TPSA) is 44.3 Å². The smallest absolute Gasteiger partial charge is 0.0948 e. The van der Waals surface area contributed by atoms with E-state index < -0.39 is 17.2 Å². The van der Waals surface area contributed by atoms with Gasteiger partial charge < -0.3 is 5.11 Å². The van der Waals surface area contributed by atoms with Crippen molar-refractivity contribution in [2.75, 3.05) is 13.1 Å². The summed E-state index contributed by atoms with van der Waals surface area (Å²) < 4.78 is 0. The molecule has 0 heterocycles. The van der Waals surface area contributed by atoms with E-state index in [-0.39, 0.29) is 0 Å². The Labute approximate surface area is 260 Å². The van der Waals surface area contributed by atoms with Crippen molar-refractivity contribution in [1.82, 2.24) is 10.6 Å². The highest BCUT2D eigenvalue weighted by atomic mass is 16.3. The first-order chi connectivity index (χ1) is 21.7. The summed E-state index contributed by atoms with van der Waals surface area (Å²) in [5, 5.41) is 19.4. The molecule has 3 heteroatoms. The van der Waals surface area contributed by atoms with Gasteiger partial charge in [0.05, 0.1) is 17.2 Å². The van der Waals surface area contributed by atoms with Crippen LogP contribution in [0.2, 0.25) is 0 Å². The van der Waals surface area contributed by atoms with Crippen molar-refractivity contribution in [3.05, 3.63) is 215 Å². The summed E-state index contributed by atoms with van der Waals surface area (Å²) in [5.74, 6) is 0. The molecule has 0 bridgehead atoms. The first-order valence-electron chi connectivity index (χ1n) is 15.2. The van der Waals surface area contributed by atoms with Gasteiger partial charge in [0.25, 0.3) is 0 Å². The number of benzene rings is 6. The predicted molar refractivity (Wildman–Crippen MR) is 180 cm³/mol. The molecule has 44 heavy (non-hydrogen) atoms. The monoisotopic (exact) mass is 574 g/mol. The summed E-state index contributed by atoms with van der Waals surface area (Å²) in [4.78, 5) is 0. The minimum atomic E-state index is -0.693. The third-order valence-corrected chi connectivity index (χ3v) is 8.45. The molecule has 0 aromatic heterocycles. The second kappa shape index (κ2) is 13.7. The molecule has 218 valence electrons. The maximum atomic E-state index is 11.7. The third-order valence-electron chi connectivity index (χ3n) is 8.45. The van der Waals surface area contributed by atoms with E-state index in [1.807, 2.05) is 36.4 Å². The quantitative estimate of drug-likeness (QED) is 0.133. The normalized spacial score (nSPS) is 11.9. The van der Waals surface area contributed by atoms with E-state index in [4.69, 9.17) is 0 Å². The molecule has 0 fully saturated rings. The van der Waals surface area contributed by atoms with E-state index >= 15 is 0 Å². The summed E-state index contributed by atoms with van der Waals surface area (Å²) in [6.45, 7) is 0.722. The molecule has 0 atom stereocenters. The summed E-state index contributed by atoms with van der Waals surface area (Å²) in [6, 6.07) is 63.0. The van der Waals surface area contributed by atoms with Gasteiger partial charge in [0.2, 0.25) is 0 Å². The highest BCUT2D eigenvalue weighted by Gasteiger charge is 2.38. The number of aliphatic hydroxyl groups excluding tert-OH is 1. The van der Waals surface area contributed by atoms with E-state index in [0.29, 0.717) is 13.1 Å². The molecule has 3 nitrogen and oxygen atoms in total. The van der Waals surface area contributed by atoms with E-state index in [1.54, 1.807) is 0 Å². The van der Waals surface area contributed by atoms with E-state index in [0.717, 1.165) is 33.4 Å². The molecule has 6 rings (SSSR count). The molecule has 0 aliphatic carbocycles. The Morgan fingerprint density at radius 2 is 0.523 bits per heavy atom.